The summed E-state index contributed by atoms with van der Waals surface area (Å²) in [5.74, 6) is -2.01. The van der Waals surface area contributed by atoms with Gasteiger partial charge in [-0.05, 0) is 24.3 Å². The number of imidazole rings is 1. The fourth-order valence-electron chi connectivity index (χ4n) is 3.84. The van der Waals surface area contributed by atoms with Crippen LogP contribution in [-0.4, -0.2) is 41.0 Å². The minimum absolute atomic E-state index is 0.321. The van der Waals surface area contributed by atoms with Gasteiger partial charge in [0.05, 0.1) is 19.9 Å². The van der Waals surface area contributed by atoms with E-state index in [1.807, 2.05) is 17.1 Å². The van der Waals surface area contributed by atoms with Gasteiger partial charge in [-0.2, -0.15) is 0 Å². The number of methoxy groups -OCH3 is 1. The van der Waals surface area contributed by atoms with E-state index < -0.39 is 29.4 Å². The molecule has 0 aliphatic carbocycles. The number of nitrogens with one attached hydrogen (secondary N) is 1. The Kier molecular flexibility index (Phi) is 5.47. The Bertz CT molecular complexity index is 1040. The van der Waals surface area contributed by atoms with Crippen molar-refractivity contribution in [1.82, 2.24) is 9.88 Å². The number of likely N-dealkylation sites (tertiary alicyclic amines) is 1. The second-order valence-electron chi connectivity index (χ2n) is 7.10. The number of carbonyl (C=O) groups is 3. The third kappa shape index (κ3) is 3.63. The Morgan fingerprint density at radius 3 is 2.83 bits per heavy atom. The van der Waals surface area contributed by atoms with Gasteiger partial charge in [-0.3, -0.25) is 19.4 Å². The lowest BCUT2D eigenvalue weighted by Gasteiger charge is -2.24. The number of H-pyrrole nitrogens is 1. The molecule has 1 amide bonds. The summed E-state index contributed by atoms with van der Waals surface area (Å²) >= 11 is 0. The van der Waals surface area contributed by atoms with Crippen molar-refractivity contribution in [3.8, 4) is 5.75 Å². The van der Waals surface area contributed by atoms with Gasteiger partial charge in [-0.1, -0.05) is 12.1 Å². The molecule has 1 aliphatic heterocycles. The number of hydrogen-bond acceptors (Lipinski definition) is 5. The fraction of sp³-hybridized carbons (Fsp3) is 0.273. The number of Topliss-reactive ketones (excluding diaryl/α,β-unsaturated/α-hetero) is 2. The third-order valence-electron chi connectivity index (χ3n) is 5.29. The van der Waals surface area contributed by atoms with Crippen molar-refractivity contribution in [2.75, 3.05) is 13.7 Å². The summed E-state index contributed by atoms with van der Waals surface area (Å²) in [6.45, 7) is 0.997. The number of aromatic nitrogens is 2. The monoisotopic (exact) mass is 408 g/mol. The van der Waals surface area contributed by atoms with Gasteiger partial charge >= 0.3 is 0 Å². The zero-order valence-electron chi connectivity index (χ0n) is 16.5. The molecule has 0 saturated carbocycles. The van der Waals surface area contributed by atoms with E-state index in [0.717, 1.165) is 0 Å². The Morgan fingerprint density at radius 1 is 1.27 bits per heavy atom. The number of ketones is 2. The van der Waals surface area contributed by atoms with E-state index in [2.05, 4.69) is 4.98 Å². The van der Waals surface area contributed by atoms with Crippen molar-refractivity contribution < 1.29 is 28.1 Å². The van der Waals surface area contributed by atoms with Crippen LogP contribution < -0.4 is 9.30 Å². The van der Waals surface area contributed by atoms with Crippen LogP contribution in [0.5, 0.6) is 5.75 Å². The van der Waals surface area contributed by atoms with Gasteiger partial charge in [0.1, 0.15) is 35.9 Å². The average molecular weight is 408 g/mol. The second kappa shape index (κ2) is 8.36. The topological polar surface area (TPSA) is 96.5 Å². The molecule has 4 rings (SSSR count). The molecular weight excluding hydrogens is 386 g/mol. The number of benzene rings is 1. The van der Waals surface area contributed by atoms with Crippen LogP contribution in [-0.2, 0) is 16.1 Å². The van der Waals surface area contributed by atoms with Crippen molar-refractivity contribution in [2.45, 2.75) is 19.0 Å². The molecule has 1 saturated heterocycles. The van der Waals surface area contributed by atoms with Crippen molar-refractivity contribution >= 4 is 17.5 Å². The lowest BCUT2D eigenvalue weighted by molar-refractivity contribution is -0.695. The maximum atomic E-state index is 13.3. The smallest absolute Gasteiger partial charge is 0.291 e. The minimum Gasteiger partial charge on any atom is -0.497 e. The van der Waals surface area contributed by atoms with E-state index in [-0.39, 0.29) is 0 Å². The predicted octanol–water partition coefficient (Wildman–Crippen LogP) is 1.95. The molecule has 2 aromatic heterocycles. The molecule has 8 heteroatoms. The largest absolute Gasteiger partial charge is 0.497 e. The van der Waals surface area contributed by atoms with Crippen molar-refractivity contribution in [2.24, 2.45) is 5.92 Å². The summed E-state index contributed by atoms with van der Waals surface area (Å²) in [4.78, 5) is 43.4. The van der Waals surface area contributed by atoms with Crippen molar-refractivity contribution in [3.63, 3.8) is 0 Å². The summed E-state index contributed by atoms with van der Waals surface area (Å²) < 4.78 is 12.7. The molecule has 0 spiro atoms. The van der Waals surface area contributed by atoms with Crippen LogP contribution in [0.25, 0.3) is 0 Å². The minimum atomic E-state index is -1.16. The number of rotatable bonds is 8. The fourth-order valence-corrected chi connectivity index (χ4v) is 3.84. The predicted molar refractivity (Wildman–Crippen MR) is 105 cm³/mol. The Labute approximate surface area is 173 Å². The number of carbonyl (C=O) groups excluding carboxylic acids is 3. The first-order chi connectivity index (χ1) is 14.6. The number of aromatic amines is 1. The summed E-state index contributed by atoms with van der Waals surface area (Å²) in [6, 6.07) is 9.20. The number of aryl methyl sites for hydroxylation is 1. The highest BCUT2D eigenvalue weighted by atomic mass is 16.5. The van der Waals surface area contributed by atoms with E-state index in [1.165, 1.54) is 18.3 Å². The molecule has 1 aromatic carbocycles. The van der Waals surface area contributed by atoms with E-state index >= 15 is 0 Å². The normalized spacial score (nSPS) is 18.8. The van der Waals surface area contributed by atoms with Crippen LogP contribution in [0.4, 0.5) is 0 Å². The van der Waals surface area contributed by atoms with E-state index in [0.29, 0.717) is 36.6 Å². The zero-order chi connectivity index (χ0) is 21.1. The molecule has 1 aliphatic rings. The van der Waals surface area contributed by atoms with Crippen LogP contribution >= 0.6 is 0 Å². The number of ether oxygens (including phenoxy) is 1. The van der Waals surface area contributed by atoms with Crippen LogP contribution in [0.15, 0.2) is 65.8 Å². The Hall–Kier alpha value is -3.68. The maximum Gasteiger partial charge on any atom is 0.291 e. The molecule has 154 valence electrons. The van der Waals surface area contributed by atoms with E-state index in [1.54, 1.807) is 42.6 Å². The molecule has 0 bridgehead atoms. The number of furan rings is 1. The Morgan fingerprint density at radius 2 is 2.13 bits per heavy atom. The van der Waals surface area contributed by atoms with Gasteiger partial charge in [0.2, 0.25) is 12.1 Å². The highest BCUT2D eigenvalue weighted by molar-refractivity contribution is 6.44. The first-order valence-corrected chi connectivity index (χ1v) is 9.68. The van der Waals surface area contributed by atoms with Gasteiger partial charge in [0, 0.05) is 18.5 Å². The van der Waals surface area contributed by atoms with Gasteiger partial charge in [0.15, 0.2) is 5.78 Å². The molecule has 2 atom stereocenters. The molecule has 1 N–H and O–H groups in total. The molecule has 30 heavy (non-hydrogen) atoms. The quantitative estimate of drug-likeness (QED) is 0.266. The third-order valence-corrected chi connectivity index (χ3v) is 5.29. The summed E-state index contributed by atoms with van der Waals surface area (Å²) in [7, 11) is 1.50. The molecule has 8 nitrogen and oxygen atoms in total. The summed E-state index contributed by atoms with van der Waals surface area (Å²) in [6.07, 6.45) is 7.60. The van der Waals surface area contributed by atoms with Crippen LogP contribution in [0.3, 0.4) is 0 Å². The average Bonchev–Trinajstić information content (AvgIpc) is 3.52. The van der Waals surface area contributed by atoms with Crippen LogP contribution in [0, 0.1) is 5.92 Å². The van der Waals surface area contributed by atoms with Crippen LogP contribution in [0.2, 0.25) is 0 Å². The van der Waals surface area contributed by atoms with E-state index in [9.17, 15) is 14.4 Å². The molecule has 0 radical (unpaired) electrons. The van der Waals surface area contributed by atoms with Crippen molar-refractivity contribution in [1.29, 1.82) is 0 Å². The lowest BCUT2D eigenvalue weighted by Crippen LogP contribution is -2.36. The molecule has 1 fully saturated rings. The van der Waals surface area contributed by atoms with Gasteiger partial charge in [0.25, 0.3) is 5.91 Å². The summed E-state index contributed by atoms with van der Waals surface area (Å²) in [5.41, 5.74) is 0.321. The highest BCUT2D eigenvalue weighted by Gasteiger charge is 2.52. The van der Waals surface area contributed by atoms with Gasteiger partial charge in [-0.25, -0.2) is 4.57 Å². The SMILES string of the molecule is COc1cccc(C(=O)C2C(=O)C(=O)N(CCC[n+]3cc[nH]c3)C2c2ccco2)c1. The molecule has 2 unspecified atom stereocenters. The standard InChI is InChI=1S/C22H21N3O5/c1-29-16-6-2-5-15(13-16)20(26)18-19(17-7-3-12-30-17)25(22(28)21(18)27)10-4-9-24-11-8-23-14-24/h2-3,5-8,11-14,18-19H,4,9-10H2,1H3/p+1. The molecular formula is C22H22N3O5+. The van der Waals surface area contributed by atoms with Crippen molar-refractivity contribution in [3.05, 3.63) is 72.7 Å². The number of hydrogen-bond donors (Lipinski definition) is 1. The number of amides is 1. The van der Waals surface area contributed by atoms with Gasteiger partial charge in [-0.15, -0.1) is 0 Å². The first kappa shape index (κ1) is 19.6. The van der Waals surface area contributed by atoms with E-state index in [4.69, 9.17) is 9.15 Å². The summed E-state index contributed by atoms with van der Waals surface area (Å²) in [5, 5.41) is 0. The number of nitrogens with zero attached hydrogens (tertiary/aromatic N) is 2. The van der Waals surface area contributed by atoms with Gasteiger partial charge < -0.3 is 14.1 Å². The first-order valence-electron chi connectivity index (χ1n) is 9.68. The highest BCUT2D eigenvalue weighted by Crippen LogP contribution is 2.38. The zero-order valence-corrected chi connectivity index (χ0v) is 16.5. The molecule has 3 aromatic rings. The van der Waals surface area contributed by atoms with Crippen LogP contribution in [0.1, 0.15) is 28.6 Å². The molecule has 3 heterocycles. The Balaban J connectivity index is 1.62. The maximum absolute atomic E-state index is 13.3. The lowest BCUT2D eigenvalue weighted by atomic mass is 9.88. The second-order valence-corrected chi connectivity index (χ2v) is 7.10.